The van der Waals surface area contributed by atoms with Crippen LogP contribution in [0.5, 0.6) is 0 Å². The van der Waals surface area contributed by atoms with Crippen molar-refractivity contribution in [2.75, 3.05) is 11.9 Å². The van der Waals surface area contributed by atoms with Crippen molar-refractivity contribution in [3.05, 3.63) is 76.9 Å². The third kappa shape index (κ3) is 5.92. The summed E-state index contributed by atoms with van der Waals surface area (Å²) in [6, 6.07) is 13.8. The average molecular weight is 463 g/mol. The molecule has 2 heterocycles. The third-order valence-electron chi connectivity index (χ3n) is 5.34. The van der Waals surface area contributed by atoms with Crippen LogP contribution in [0.15, 0.2) is 53.1 Å². The Labute approximate surface area is 197 Å². The van der Waals surface area contributed by atoms with Crippen LogP contribution in [0.25, 0.3) is 0 Å². The molecule has 0 radical (unpaired) electrons. The molecule has 1 atom stereocenters. The predicted molar refractivity (Wildman–Crippen MR) is 124 cm³/mol. The zero-order chi connectivity index (χ0) is 24.7. The highest BCUT2D eigenvalue weighted by Gasteiger charge is 2.21. The fourth-order valence-corrected chi connectivity index (χ4v) is 3.46. The molecule has 0 saturated heterocycles. The summed E-state index contributed by atoms with van der Waals surface area (Å²) in [6.07, 6.45) is 1.45. The average Bonchev–Trinajstić information content (AvgIpc) is 3.41. The number of benzene rings is 1. The third-order valence-corrected chi connectivity index (χ3v) is 5.34. The Hall–Kier alpha value is -4.32. The minimum absolute atomic E-state index is 0.0949. The molecule has 0 aliphatic carbocycles. The first kappa shape index (κ1) is 24.3. The van der Waals surface area contributed by atoms with Gasteiger partial charge in [-0.3, -0.25) is 14.4 Å². The highest BCUT2D eigenvalue weighted by Crippen LogP contribution is 2.27. The van der Waals surface area contributed by atoms with E-state index in [9.17, 15) is 19.6 Å². The minimum atomic E-state index is -0.630. The highest BCUT2D eigenvalue weighted by atomic mass is 16.5. The second-order valence-corrected chi connectivity index (χ2v) is 7.86. The molecular formula is C25H26N4O5. The van der Waals surface area contributed by atoms with Crippen molar-refractivity contribution in [2.24, 2.45) is 0 Å². The first-order valence-corrected chi connectivity index (χ1v) is 10.7. The van der Waals surface area contributed by atoms with E-state index in [1.165, 1.54) is 0 Å². The number of carbonyl (C=O) groups is 3. The Bertz CT molecular complexity index is 1210. The summed E-state index contributed by atoms with van der Waals surface area (Å²) >= 11 is 0. The van der Waals surface area contributed by atoms with Gasteiger partial charge in [-0.15, -0.1) is 0 Å². The summed E-state index contributed by atoms with van der Waals surface area (Å²) in [7, 11) is 0. The van der Waals surface area contributed by atoms with Gasteiger partial charge in [0.25, 0.3) is 11.8 Å². The van der Waals surface area contributed by atoms with Gasteiger partial charge in [0, 0.05) is 17.3 Å². The second kappa shape index (κ2) is 11.0. The molecule has 2 amide bonds. The van der Waals surface area contributed by atoms with E-state index < -0.39 is 24.5 Å². The normalized spacial score (nSPS) is 11.4. The largest absolute Gasteiger partial charge is 0.467 e. The molecule has 0 fully saturated rings. The number of carbonyl (C=O) groups excluding carboxylic acids is 3. The summed E-state index contributed by atoms with van der Waals surface area (Å²) in [5.74, 6) is -0.529. The molecule has 0 bridgehead atoms. The van der Waals surface area contributed by atoms with Gasteiger partial charge < -0.3 is 24.4 Å². The van der Waals surface area contributed by atoms with Gasteiger partial charge in [-0.2, -0.15) is 5.26 Å². The Kier molecular flexibility index (Phi) is 7.88. The maximum absolute atomic E-state index is 12.5. The number of hydrogen-bond acceptors (Lipinski definition) is 6. The van der Waals surface area contributed by atoms with E-state index in [2.05, 4.69) is 16.7 Å². The van der Waals surface area contributed by atoms with Crippen LogP contribution >= 0.6 is 0 Å². The van der Waals surface area contributed by atoms with E-state index in [0.717, 1.165) is 11.3 Å². The standard InChI is InChI=1S/C25H26N4O5/c1-16(27-25(32)19-8-5-4-6-9-19)12-23(31)34-15-22(30)28-24-21(13-26)17(2)18(3)29(24)14-20-10-7-11-33-20/h4-11,16H,12,14-15H2,1-3H3,(H,27,32)(H,28,30). The number of nitrogens with one attached hydrogen (secondary N) is 2. The lowest BCUT2D eigenvalue weighted by Gasteiger charge is -2.14. The topological polar surface area (TPSA) is 126 Å². The van der Waals surface area contributed by atoms with Crippen molar-refractivity contribution >= 4 is 23.6 Å². The maximum Gasteiger partial charge on any atom is 0.308 e. The van der Waals surface area contributed by atoms with Gasteiger partial charge in [0.2, 0.25) is 0 Å². The van der Waals surface area contributed by atoms with Crippen molar-refractivity contribution in [1.82, 2.24) is 9.88 Å². The summed E-state index contributed by atoms with van der Waals surface area (Å²) in [5.41, 5.74) is 2.37. The first-order valence-electron chi connectivity index (χ1n) is 10.7. The monoisotopic (exact) mass is 462 g/mol. The van der Waals surface area contributed by atoms with Crippen molar-refractivity contribution in [3.63, 3.8) is 0 Å². The zero-order valence-electron chi connectivity index (χ0n) is 19.3. The van der Waals surface area contributed by atoms with Gasteiger partial charge in [0.05, 0.1) is 24.8 Å². The van der Waals surface area contributed by atoms with Crippen molar-refractivity contribution in [3.8, 4) is 6.07 Å². The van der Waals surface area contributed by atoms with Crippen LogP contribution in [-0.2, 0) is 20.9 Å². The van der Waals surface area contributed by atoms with Gasteiger partial charge in [0.1, 0.15) is 17.6 Å². The van der Waals surface area contributed by atoms with E-state index >= 15 is 0 Å². The smallest absolute Gasteiger partial charge is 0.308 e. The number of aromatic nitrogens is 1. The number of ether oxygens (including phenoxy) is 1. The quantitative estimate of drug-likeness (QED) is 0.470. The molecule has 0 spiro atoms. The van der Waals surface area contributed by atoms with Crippen LogP contribution in [0.4, 0.5) is 5.82 Å². The van der Waals surface area contributed by atoms with E-state index in [-0.39, 0.29) is 12.3 Å². The summed E-state index contributed by atoms with van der Waals surface area (Å²) in [6.45, 7) is 5.13. The van der Waals surface area contributed by atoms with Gasteiger partial charge >= 0.3 is 5.97 Å². The molecule has 1 unspecified atom stereocenters. The minimum Gasteiger partial charge on any atom is -0.467 e. The molecule has 2 N–H and O–H groups in total. The fraction of sp³-hybridized carbons (Fsp3) is 0.280. The van der Waals surface area contributed by atoms with Gasteiger partial charge in [-0.1, -0.05) is 18.2 Å². The van der Waals surface area contributed by atoms with Crippen LogP contribution in [-0.4, -0.2) is 35.0 Å². The second-order valence-electron chi connectivity index (χ2n) is 7.86. The maximum atomic E-state index is 12.5. The van der Waals surface area contributed by atoms with Crippen molar-refractivity contribution in [1.29, 1.82) is 5.26 Å². The van der Waals surface area contributed by atoms with Crippen LogP contribution in [0.2, 0.25) is 0 Å². The Morgan fingerprint density at radius 1 is 1.15 bits per heavy atom. The number of esters is 1. The van der Waals surface area contributed by atoms with Crippen LogP contribution in [0, 0.1) is 25.2 Å². The van der Waals surface area contributed by atoms with Gasteiger partial charge in [-0.05, 0) is 50.6 Å². The van der Waals surface area contributed by atoms with E-state index in [4.69, 9.17) is 9.15 Å². The Morgan fingerprint density at radius 3 is 2.53 bits per heavy atom. The molecule has 1 aromatic carbocycles. The molecule has 0 saturated carbocycles. The molecule has 0 aliphatic rings. The summed E-state index contributed by atoms with van der Waals surface area (Å²) in [4.78, 5) is 36.8. The summed E-state index contributed by atoms with van der Waals surface area (Å²) in [5, 5.41) is 15.0. The molecule has 3 rings (SSSR count). The van der Waals surface area contributed by atoms with E-state index in [1.54, 1.807) is 67.1 Å². The highest BCUT2D eigenvalue weighted by molar-refractivity contribution is 5.95. The molecule has 176 valence electrons. The first-order chi connectivity index (χ1) is 16.3. The van der Waals surface area contributed by atoms with Crippen LogP contribution in [0.3, 0.4) is 0 Å². The zero-order valence-corrected chi connectivity index (χ0v) is 19.3. The Morgan fingerprint density at radius 2 is 1.88 bits per heavy atom. The van der Waals surface area contributed by atoms with Crippen molar-refractivity contribution in [2.45, 2.75) is 39.8 Å². The molecule has 9 nitrogen and oxygen atoms in total. The number of furan rings is 1. The number of anilines is 1. The number of hydrogen-bond donors (Lipinski definition) is 2. The molecular weight excluding hydrogens is 436 g/mol. The molecule has 2 aromatic heterocycles. The van der Waals surface area contributed by atoms with Gasteiger partial charge in [-0.25, -0.2) is 0 Å². The fourth-order valence-electron chi connectivity index (χ4n) is 3.46. The number of amides is 2. The van der Waals surface area contributed by atoms with Crippen LogP contribution in [0.1, 0.15) is 46.3 Å². The predicted octanol–water partition coefficient (Wildman–Crippen LogP) is 3.31. The summed E-state index contributed by atoms with van der Waals surface area (Å²) < 4.78 is 12.2. The lowest BCUT2D eigenvalue weighted by Crippen LogP contribution is -2.35. The molecule has 0 aliphatic heterocycles. The molecule has 9 heteroatoms. The number of nitrogens with zero attached hydrogens (tertiary/aromatic N) is 2. The SMILES string of the molecule is Cc1c(C#N)c(NC(=O)COC(=O)CC(C)NC(=O)c2ccccc2)n(Cc2ccco2)c1C. The number of nitriles is 1. The van der Waals surface area contributed by atoms with Crippen LogP contribution < -0.4 is 10.6 Å². The number of rotatable bonds is 9. The molecule has 34 heavy (non-hydrogen) atoms. The van der Waals surface area contributed by atoms with Gasteiger partial charge in [0.15, 0.2) is 6.61 Å². The lowest BCUT2D eigenvalue weighted by atomic mass is 10.2. The van der Waals surface area contributed by atoms with Crippen molar-refractivity contribution < 1.29 is 23.5 Å². The van der Waals surface area contributed by atoms with E-state index in [1.807, 2.05) is 6.92 Å². The Balaban J connectivity index is 1.56. The lowest BCUT2D eigenvalue weighted by molar-refractivity contribution is -0.147. The molecule has 3 aromatic rings. The van der Waals surface area contributed by atoms with E-state index in [0.29, 0.717) is 29.2 Å².